The monoisotopic (exact) mass is 307 g/mol. The fourth-order valence-electron chi connectivity index (χ4n) is 2.42. The third-order valence-electron chi connectivity index (χ3n) is 3.62. The van der Waals surface area contributed by atoms with Crippen molar-refractivity contribution in [1.29, 1.82) is 0 Å². The van der Waals surface area contributed by atoms with Gasteiger partial charge in [-0.3, -0.25) is 14.9 Å². The van der Waals surface area contributed by atoms with E-state index in [1.54, 1.807) is 12.1 Å². The third kappa shape index (κ3) is 5.27. The molecule has 0 fully saturated rings. The average Bonchev–Trinajstić information content (AvgIpc) is 2.46. The van der Waals surface area contributed by atoms with Crippen LogP contribution in [0.5, 0.6) is 0 Å². The summed E-state index contributed by atoms with van der Waals surface area (Å²) in [5.74, 6) is -1.15. The molecule has 6 nitrogen and oxygen atoms in total. The number of hydrogen-bond acceptors (Lipinski definition) is 5. The van der Waals surface area contributed by atoms with Gasteiger partial charge >= 0.3 is 5.97 Å². The topological polar surface area (TPSA) is 86.5 Å². The Morgan fingerprint density at radius 2 is 1.86 bits per heavy atom. The van der Waals surface area contributed by atoms with Crippen LogP contribution in [0.2, 0.25) is 0 Å². The maximum Gasteiger partial charge on any atom is 0.305 e. The number of hydrogen-bond donors (Lipinski definition) is 0. The first-order valence-corrected chi connectivity index (χ1v) is 7.11. The molecule has 120 valence electrons. The van der Waals surface area contributed by atoms with Crippen molar-refractivity contribution in [3.8, 4) is 0 Å². The van der Waals surface area contributed by atoms with Crippen LogP contribution in [0.3, 0.4) is 0 Å². The van der Waals surface area contributed by atoms with Crippen LogP contribution in [0.25, 0.3) is 0 Å². The Hall–Kier alpha value is -2.24. The summed E-state index contributed by atoms with van der Waals surface area (Å²) >= 11 is 0. The number of benzene rings is 1. The van der Waals surface area contributed by atoms with Crippen molar-refractivity contribution in [3.63, 3.8) is 0 Å². The lowest BCUT2D eigenvalue weighted by molar-refractivity contribution is -0.527. The molecule has 0 radical (unpaired) electrons. The fraction of sp³-hybridized carbons (Fsp3) is 0.500. The molecule has 0 N–H and O–H groups in total. The zero-order valence-electron chi connectivity index (χ0n) is 13.1. The summed E-state index contributed by atoms with van der Waals surface area (Å²) in [7, 11) is 1.25. The Morgan fingerprint density at radius 3 is 2.32 bits per heavy atom. The van der Waals surface area contributed by atoms with Crippen molar-refractivity contribution in [2.24, 2.45) is 0 Å². The van der Waals surface area contributed by atoms with Gasteiger partial charge in [0.2, 0.25) is 6.04 Å². The fourth-order valence-corrected chi connectivity index (χ4v) is 2.42. The number of rotatable bonds is 8. The van der Waals surface area contributed by atoms with Gasteiger partial charge in [-0.05, 0) is 19.4 Å². The van der Waals surface area contributed by atoms with Crippen molar-refractivity contribution in [1.82, 2.24) is 0 Å². The van der Waals surface area contributed by atoms with Gasteiger partial charge in [-0.25, -0.2) is 0 Å². The minimum atomic E-state index is -0.995. The molecule has 1 aromatic carbocycles. The lowest BCUT2D eigenvalue weighted by atomic mass is 9.85. The maximum atomic E-state index is 11.5. The van der Waals surface area contributed by atoms with Gasteiger partial charge in [0, 0.05) is 17.8 Å². The summed E-state index contributed by atoms with van der Waals surface area (Å²) in [4.78, 5) is 33.8. The first-order chi connectivity index (χ1) is 10.3. The summed E-state index contributed by atoms with van der Waals surface area (Å²) in [5.41, 5.74) is 1.78. The minimum absolute atomic E-state index is 0.0393. The molecule has 2 atom stereocenters. The Balaban J connectivity index is 3.03. The van der Waals surface area contributed by atoms with Crippen LogP contribution in [0.15, 0.2) is 24.3 Å². The highest BCUT2D eigenvalue weighted by molar-refractivity contribution is 5.76. The predicted octanol–water partition coefficient (Wildman–Crippen LogP) is 2.66. The second-order valence-electron chi connectivity index (χ2n) is 5.39. The van der Waals surface area contributed by atoms with E-state index in [4.69, 9.17) is 0 Å². The summed E-state index contributed by atoms with van der Waals surface area (Å²) < 4.78 is 4.53. The number of Topliss-reactive ketones (excluding diaryl/α,β-unsaturated/α-hetero) is 1. The minimum Gasteiger partial charge on any atom is -0.469 e. The van der Waals surface area contributed by atoms with Gasteiger partial charge in [-0.2, -0.15) is 0 Å². The van der Waals surface area contributed by atoms with Crippen LogP contribution in [-0.2, 0) is 14.3 Å². The van der Waals surface area contributed by atoms with Gasteiger partial charge in [0.15, 0.2) is 0 Å². The molecule has 0 heterocycles. The molecule has 6 heteroatoms. The van der Waals surface area contributed by atoms with Crippen molar-refractivity contribution in [3.05, 3.63) is 45.5 Å². The highest BCUT2D eigenvalue weighted by Crippen LogP contribution is 2.29. The molecule has 0 aromatic heterocycles. The molecular weight excluding hydrogens is 286 g/mol. The summed E-state index contributed by atoms with van der Waals surface area (Å²) in [6.45, 7) is 3.34. The number of nitro groups is 1. The van der Waals surface area contributed by atoms with Crippen molar-refractivity contribution >= 4 is 11.8 Å². The Kier molecular flexibility index (Phi) is 6.69. The third-order valence-corrected chi connectivity index (χ3v) is 3.62. The smallest absolute Gasteiger partial charge is 0.305 e. The molecule has 0 aliphatic rings. The number of esters is 1. The molecule has 0 aliphatic carbocycles. The molecule has 0 saturated carbocycles. The Morgan fingerprint density at radius 1 is 1.27 bits per heavy atom. The average molecular weight is 307 g/mol. The number of aryl methyl sites for hydroxylation is 1. The van der Waals surface area contributed by atoms with Gasteiger partial charge in [0.25, 0.3) is 0 Å². The molecule has 1 aromatic rings. The number of carbonyl (C=O) groups is 2. The zero-order valence-corrected chi connectivity index (χ0v) is 13.1. The van der Waals surface area contributed by atoms with E-state index in [0.717, 1.165) is 11.1 Å². The van der Waals surface area contributed by atoms with Gasteiger partial charge in [-0.15, -0.1) is 0 Å². The molecule has 0 unspecified atom stereocenters. The van der Waals surface area contributed by atoms with E-state index in [-0.39, 0.29) is 25.0 Å². The lowest BCUT2D eigenvalue weighted by Crippen LogP contribution is -2.30. The van der Waals surface area contributed by atoms with Crippen LogP contribution < -0.4 is 0 Å². The normalized spacial score (nSPS) is 13.2. The van der Waals surface area contributed by atoms with Gasteiger partial charge < -0.3 is 9.53 Å². The quantitative estimate of drug-likeness (QED) is 0.418. The van der Waals surface area contributed by atoms with E-state index in [1.165, 1.54) is 14.0 Å². The molecule has 0 spiro atoms. The summed E-state index contributed by atoms with van der Waals surface area (Å²) in [5, 5.41) is 11.4. The summed E-state index contributed by atoms with van der Waals surface area (Å²) in [6, 6.07) is 6.33. The first-order valence-electron chi connectivity index (χ1n) is 7.11. The summed E-state index contributed by atoms with van der Waals surface area (Å²) in [6.07, 6.45) is 0.0871. The van der Waals surface area contributed by atoms with E-state index in [9.17, 15) is 19.7 Å². The van der Waals surface area contributed by atoms with E-state index in [1.807, 2.05) is 19.1 Å². The van der Waals surface area contributed by atoms with E-state index < -0.39 is 22.9 Å². The van der Waals surface area contributed by atoms with Crippen LogP contribution in [0, 0.1) is 17.0 Å². The standard InChI is InChI=1S/C16H21NO5/c1-11-4-6-13(7-5-11)14(10-12(2)18)15(17(20)21)8-9-16(19)22-3/h4-7,14-15H,8-10H2,1-3H3/t14-,15-/m1/s1. The number of nitrogens with zero attached hydrogens (tertiary/aromatic N) is 1. The zero-order chi connectivity index (χ0) is 16.7. The molecule has 1 rings (SSSR count). The second kappa shape index (κ2) is 8.26. The van der Waals surface area contributed by atoms with Gasteiger partial charge in [0.1, 0.15) is 5.78 Å². The molecule has 0 saturated heterocycles. The number of ether oxygens (including phenoxy) is 1. The van der Waals surface area contributed by atoms with Crippen LogP contribution >= 0.6 is 0 Å². The Bertz CT molecular complexity index is 538. The van der Waals surface area contributed by atoms with E-state index >= 15 is 0 Å². The number of ketones is 1. The molecule has 0 amide bonds. The number of methoxy groups -OCH3 is 1. The van der Waals surface area contributed by atoms with Crippen molar-refractivity contribution in [2.75, 3.05) is 7.11 Å². The van der Waals surface area contributed by atoms with Crippen LogP contribution in [0.1, 0.15) is 43.2 Å². The second-order valence-corrected chi connectivity index (χ2v) is 5.39. The number of carbonyl (C=O) groups excluding carboxylic acids is 2. The van der Waals surface area contributed by atoms with E-state index in [2.05, 4.69) is 4.74 Å². The Labute approximate surface area is 129 Å². The van der Waals surface area contributed by atoms with Gasteiger partial charge in [0.05, 0.1) is 19.4 Å². The first kappa shape index (κ1) is 17.8. The predicted molar refractivity (Wildman–Crippen MR) is 81.3 cm³/mol. The SMILES string of the molecule is COC(=O)CC[C@H]([C@H](CC(C)=O)c1ccc(C)cc1)[N+](=O)[O-]. The van der Waals surface area contributed by atoms with Gasteiger partial charge in [-0.1, -0.05) is 29.8 Å². The van der Waals surface area contributed by atoms with Crippen LogP contribution in [0.4, 0.5) is 0 Å². The van der Waals surface area contributed by atoms with Crippen molar-refractivity contribution in [2.45, 2.75) is 45.1 Å². The molecule has 22 heavy (non-hydrogen) atoms. The van der Waals surface area contributed by atoms with E-state index in [0.29, 0.717) is 0 Å². The highest BCUT2D eigenvalue weighted by Gasteiger charge is 2.34. The maximum absolute atomic E-state index is 11.5. The molecule has 0 aliphatic heterocycles. The molecule has 0 bridgehead atoms. The lowest BCUT2D eigenvalue weighted by Gasteiger charge is -2.20. The van der Waals surface area contributed by atoms with Crippen molar-refractivity contribution < 1.29 is 19.2 Å². The highest BCUT2D eigenvalue weighted by atomic mass is 16.6. The molecular formula is C16H21NO5. The van der Waals surface area contributed by atoms with Crippen LogP contribution in [-0.4, -0.2) is 29.8 Å². The largest absolute Gasteiger partial charge is 0.469 e.